The van der Waals surface area contributed by atoms with E-state index >= 15 is 0 Å². The molecule has 0 amide bonds. The van der Waals surface area contributed by atoms with E-state index in [-0.39, 0.29) is 6.01 Å². The van der Waals surface area contributed by atoms with Crippen LogP contribution in [0, 0.1) is 5.92 Å². The van der Waals surface area contributed by atoms with Crippen LogP contribution >= 0.6 is 0 Å². The normalized spacial score (nSPS) is 14.8. The van der Waals surface area contributed by atoms with Crippen LogP contribution < -0.4 is 14.8 Å². The lowest BCUT2D eigenvalue weighted by molar-refractivity contribution is 0.209. The van der Waals surface area contributed by atoms with Crippen LogP contribution in [0.3, 0.4) is 0 Å². The molecule has 1 heterocycles. The van der Waals surface area contributed by atoms with Gasteiger partial charge in [-0.3, -0.25) is 0 Å². The van der Waals surface area contributed by atoms with Gasteiger partial charge in [-0.1, -0.05) is 26.2 Å². The van der Waals surface area contributed by atoms with Crippen molar-refractivity contribution < 1.29 is 9.47 Å². The second-order valence-corrected chi connectivity index (χ2v) is 4.79. The van der Waals surface area contributed by atoms with Gasteiger partial charge in [0, 0.05) is 6.54 Å². The second-order valence-electron chi connectivity index (χ2n) is 4.79. The van der Waals surface area contributed by atoms with Gasteiger partial charge in [0.15, 0.2) is 0 Å². The molecule has 0 atom stereocenters. The van der Waals surface area contributed by atoms with Gasteiger partial charge in [-0.05, 0) is 18.8 Å². The third kappa shape index (κ3) is 4.22. The first-order chi connectivity index (χ1) is 9.31. The molecule has 0 spiro atoms. The van der Waals surface area contributed by atoms with Crippen molar-refractivity contribution in [3.8, 4) is 12.0 Å². The predicted molar refractivity (Wildman–Crippen MR) is 72.6 cm³/mol. The fourth-order valence-corrected chi connectivity index (χ4v) is 1.91. The number of aromatic nitrogens is 3. The highest BCUT2D eigenvalue weighted by atomic mass is 16.5. The highest BCUT2D eigenvalue weighted by molar-refractivity contribution is 5.27. The van der Waals surface area contributed by atoms with Gasteiger partial charge in [-0.15, -0.1) is 4.98 Å². The van der Waals surface area contributed by atoms with Crippen LogP contribution in [0.15, 0.2) is 0 Å². The molecule has 2 rings (SSSR count). The molecule has 0 unspecified atom stereocenters. The van der Waals surface area contributed by atoms with Gasteiger partial charge in [0.25, 0.3) is 0 Å². The molecule has 1 N–H and O–H groups in total. The molecule has 0 aliphatic heterocycles. The van der Waals surface area contributed by atoms with E-state index in [1.54, 1.807) is 0 Å². The topological polar surface area (TPSA) is 69.2 Å². The molecule has 0 saturated heterocycles. The summed E-state index contributed by atoms with van der Waals surface area (Å²) in [4.78, 5) is 12.4. The molecule has 19 heavy (non-hydrogen) atoms. The first kappa shape index (κ1) is 13.8. The molecular weight excluding hydrogens is 244 g/mol. The lowest BCUT2D eigenvalue weighted by atomic mass is 9.83. The smallest absolute Gasteiger partial charge is 0.324 e. The summed E-state index contributed by atoms with van der Waals surface area (Å²) < 4.78 is 10.6. The zero-order chi connectivity index (χ0) is 13.5. The number of anilines is 1. The summed E-state index contributed by atoms with van der Waals surface area (Å²) in [5, 5.41) is 3.11. The minimum atomic E-state index is 0.284. The van der Waals surface area contributed by atoms with Crippen LogP contribution in [-0.2, 0) is 0 Å². The number of methoxy groups -OCH3 is 1. The summed E-state index contributed by atoms with van der Waals surface area (Å²) in [7, 11) is 1.54. The minimum absolute atomic E-state index is 0.284. The third-order valence-corrected chi connectivity index (χ3v) is 3.29. The number of hydrogen-bond donors (Lipinski definition) is 1. The third-order valence-electron chi connectivity index (χ3n) is 3.29. The number of nitrogens with one attached hydrogen (secondary N) is 1. The molecule has 106 valence electrons. The van der Waals surface area contributed by atoms with Crippen molar-refractivity contribution in [2.75, 3.05) is 25.6 Å². The molecule has 0 radical (unpaired) electrons. The van der Waals surface area contributed by atoms with Gasteiger partial charge in [0.1, 0.15) is 0 Å². The standard InChI is InChI=1S/C13H22N4O2/c1-3-8-14-11-15-12(18-2)17-13(16-11)19-9-7-10-5-4-6-10/h10H,3-9H2,1-2H3,(H,14,15,16,17). The highest BCUT2D eigenvalue weighted by Crippen LogP contribution is 2.29. The van der Waals surface area contributed by atoms with Gasteiger partial charge >= 0.3 is 12.0 Å². The average Bonchev–Trinajstić information content (AvgIpc) is 2.39. The zero-order valence-corrected chi connectivity index (χ0v) is 11.7. The Balaban J connectivity index is 1.89. The Hall–Kier alpha value is -1.59. The summed E-state index contributed by atoms with van der Waals surface area (Å²) in [6.45, 7) is 3.56. The van der Waals surface area contributed by atoms with Gasteiger partial charge < -0.3 is 14.8 Å². The van der Waals surface area contributed by atoms with Crippen LogP contribution in [0.1, 0.15) is 39.0 Å². The van der Waals surface area contributed by atoms with Crippen molar-refractivity contribution in [1.29, 1.82) is 0 Å². The van der Waals surface area contributed by atoms with Crippen LogP contribution in [0.2, 0.25) is 0 Å². The maximum absolute atomic E-state index is 5.59. The molecule has 0 aromatic carbocycles. The molecule has 1 saturated carbocycles. The van der Waals surface area contributed by atoms with Gasteiger partial charge in [-0.25, -0.2) is 0 Å². The van der Waals surface area contributed by atoms with Crippen LogP contribution in [0.5, 0.6) is 12.0 Å². The Kier molecular flexibility index (Phi) is 5.18. The molecule has 1 aliphatic rings. The van der Waals surface area contributed by atoms with E-state index in [1.165, 1.54) is 26.4 Å². The van der Waals surface area contributed by atoms with Crippen LogP contribution in [0.25, 0.3) is 0 Å². The van der Waals surface area contributed by atoms with Crippen molar-refractivity contribution in [1.82, 2.24) is 15.0 Å². The van der Waals surface area contributed by atoms with Crippen molar-refractivity contribution in [3.05, 3.63) is 0 Å². The SMILES string of the molecule is CCCNc1nc(OC)nc(OCCC2CCC2)n1. The lowest BCUT2D eigenvalue weighted by Crippen LogP contribution is -2.15. The minimum Gasteiger partial charge on any atom is -0.467 e. The quantitative estimate of drug-likeness (QED) is 0.778. The first-order valence-electron chi connectivity index (χ1n) is 6.98. The Labute approximate surface area is 114 Å². The van der Waals surface area contributed by atoms with Gasteiger partial charge in [0.2, 0.25) is 5.95 Å². The number of hydrogen-bond acceptors (Lipinski definition) is 6. The zero-order valence-electron chi connectivity index (χ0n) is 11.7. The largest absolute Gasteiger partial charge is 0.467 e. The number of nitrogens with zero attached hydrogens (tertiary/aromatic N) is 3. The van der Waals surface area contributed by atoms with E-state index in [9.17, 15) is 0 Å². The van der Waals surface area contributed by atoms with Gasteiger partial charge in [0.05, 0.1) is 13.7 Å². The fourth-order valence-electron chi connectivity index (χ4n) is 1.91. The summed E-state index contributed by atoms with van der Waals surface area (Å²) in [5.74, 6) is 1.33. The Morgan fingerprint density at radius 2 is 2.00 bits per heavy atom. The molecule has 0 bridgehead atoms. The molecule has 1 aromatic rings. The molecule has 6 nitrogen and oxygen atoms in total. The van der Waals surface area contributed by atoms with E-state index in [1.807, 2.05) is 0 Å². The molecule has 1 aliphatic carbocycles. The molecule has 6 heteroatoms. The van der Waals surface area contributed by atoms with Gasteiger partial charge in [-0.2, -0.15) is 9.97 Å². The first-order valence-corrected chi connectivity index (χ1v) is 6.98. The van der Waals surface area contributed by atoms with E-state index in [0.717, 1.165) is 25.3 Å². The fraction of sp³-hybridized carbons (Fsp3) is 0.769. The van der Waals surface area contributed by atoms with Crippen molar-refractivity contribution in [2.45, 2.75) is 39.0 Å². The van der Waals surface area contributed by atoms with E-state index < -0.39 is 0 Å². The lowest BCUT2D eigenvalue weighted by Gasteiger charge is -2.24. The van der Waals surface area contributed by atoms with Crippen LogP contribution in [0.4, 0.5) is 5.95 Å². The average molecular weight is 266 g/mol. The van der Waals surface area contributed by atoms with Crippen molar-refractivity contribution in [3.63, 3.8) is 0 Å². The molecule has 1 fully saturated rings. The molecular formula is C13H22N4O2. The highest BCUT2D eigenvalue weighted by Gasteiger charge is 2.17. The van der Waals surface area contributed by atoms with E-state index in [4.69, 9.17) is 9.47 Å². The number of rotatable bonds is 8. The Morgan fingerprint density at radius 3 is 2.63 bits per heavy atom. The van der Waals surface area contributed by atoms with Crippen molar-refractivity contribution >= 4 is 5.95 Å². The monoisotopic (exact) mass is 266 g/mol. The van der Waals surface area contributed by atoms with E-state index in [0.29, 0.717) is 18.6 Å². The van der Waals surface area contributed by atoms with Crippen molar-refractivity contribution in [2.24, 2.45) is 5.92 Å². The summed E-state index contributed by atoms with van der Waals surface area (Å²) >= 11 is 0. The predicted octanol–water partition coefficient (Wildman–Crippen LogP) is 2.27. The summed E-state index contributed by atoms with van der Waals surface area (Å²) in [5.41, 5.74) is 0. The Morgan fingerprint density at radius 1 is 1.21 bits per heavy atom. The summed E-state index contributed by atoms with van der Waals surface area (Å²) in [6, 6.07) is 0.622. The van der Waals surface area contributed by atoms with Crippen LogP contribution in [-0.4, -0.2) is 35.2 Å². The Bertz CT molecular complexity index is 396. The number of ether oxygens (including phenoxy) is 2. The second kappa shape index (κ2) is 7.11. The molecule has 1 aromatic heterocycles. The maximum atomic E-state index is 5.59. The summed E-state index contributed by atoms with van der Waals surface area (Å²) in [6.07, 6.45) is 6.09. The maximum Gasteiger partial charge on any atom is 0.324 e. The van der Waals surface area contributed by atoms with E-state index in [2.05, 4.69) is 27.2 Å².